The molecule has 0 fully saturated rings. The first kappa shape index (κ1) is 16.3. The van der Waals surface area contributed by atoms with Crippen molar-refractivity contribution >= 4 is 28.6 Å². The van der Waals surface area contributed by atoms with E-state index in [1.165, 1.54) is 18.3 Å². The lowest BCUT2D eigenvalue weighted by molar-refractivity contribution is -0.119. The second-order valence-corrected chi connectivity index (χ2v) is 5.42. The van der Waals surface area contributed by atoms with E-state index in [1.807, 2.05) is 42.5 Å². The Kier molecular flexibility index (Phi) is 4.80. The molecule has 0 radical (unpaired) electrons. The molecule has 0 saturated heterocycles. The normalized spacial score (nSPS) is 10.9. The van der Waals surface area contributed by atoms with Crippen LogP contribution in [0.5, 0.6) is 11.5 Å². The largest absolute Gasteiger partial charge is 0.504 e. The molecule has 3 aromatic carbocycles. The van der Waals surface area contributed by atoms with E-state index >= 15 is 0 Å². The first-order chi connectivity index (χ1) is 12.1. The number of fused-ring (bicyclic) bond motifs is 1. The van der Waals surface area contributed by atoms with Crippen LogP contribution in [0.2, 0.25) is 0 Å². The van der Waals surface area contributed by atoms with Crippen LogP contribution < -0.4 is 10.7 Å². The fourth-order valence-electron chi connectivity index (χ4n) is 2.39. The van der Waals surface area contributed by atoms with Crippen LogP contribution in [0.3, 0.4) is 0 Å². The number of aromatic hydroxyl groups is 2. The van der Waals surface area contributed by atoms with Gasteiger partial charge in [0.2, 0.25) is 0 Å². The molecule has 126 valence electrons. The molecule has 0 heterocycles. The molecule has 0 aliphatic heterocycles. The van der Waals surface area contributed by atoms with Gasteiger partial charge in [-0.1, -0.05) is 36.4 Å². The van der Waals surface area contributed by atoms with Gasteiger partial charge in [-0.05, 0) is 35.2 Å². The SMILES string of the molecule is O=C(CNc1cccc2ccccc12)N/N=C/c1ccc(O)c(O)c1. The minimum absolute atomic E-state index is 0.0756. The van der Waals surface area contributed by atoms with Crippen molar-refractivity contribution < 1.29 is 15.0 Å². The van der Waals surface area contributed by atoms with E-state index in [2.05, 4.69) is 15.8 Å². The van der Waals surface area contributed by atoms with Gasteiger partial charge >= 0.3 is 0 Å². The predicted octanol–water partition coefficient (Wildman–Crippen LogP) is 2.81. The molecule has 0 bridgehead atoms. The van der Waals surface area contributed by atoms with Gasteiger partial charge in [-0.3, -0.25) is 4.79 Å². The fourth-order valence-corrected chi connectivity index (χ4v) is 2.39. The molecular weight excluding hydrogens is 318 g/mol. The number of rotatable bonds is 5. The molecule has 1 amide bonds. The van der Waals surface area contributed by atoms with Gasteiger partial charge in [0.1, 0.15) is 0 Å². The van der Waals surface area contributed by atoms with E-state index in [0.29, 0.717) is 5.56 Å². The molecule has 0 atom stereocenters. The van der Waals surface area contributed by atoms with Crippen molar-refractivity contribution in [2.75, 3.05) is 11.9 Å². The molecule has 0 saturated carbocycles. The van der Waals surface area contributed by atoms with Crippen molar-refractivity contribution in [1.82, 2.24) is 5.43 Å². The number of carbonyl (C=O) groups is 1. The first-order valence-corrected chi connectivity index (χ1v) is 7.69. The summed E-state index contributed by atoms with van der Waals surface area (Å²) in [5.41, 5.74) is 3.84. The Morgan fingerprint density at radius 1 is 1.00 bits per heavy atom. The third-order valence-electron chi connectivity index (χ3n) is 3.63. The Labute approximate surface area is 144 Å². The predicted molar refractivity (Wildman–Crippen MR) is 97.9 cm³/mol. The topological polar surface area (TPSA) is 94.0 Å². The monoisotopic (exact) mass is 335 g/mol. The number of phenolic OH excluding ortho intramolecular Hbond substituents is 2. The number of nitrogens with zero attached hydrogens (tertiary/aromatic N) is 1. The molecular formula is C19H17N3O3. The minimum atomic E-state index is -0.299. The van der Waals surface area contributed by atoms with E-state index in [-0.39, 0.29) is 24.0 Å². The molecule has 25 heavy (non-hydrogen) atoms. The Morgan fingerprint density at radius 3 is 2.64 bits per heavy atom. The highest BCUT2D eigenvalue weighted by molar-refractivity contribution is 5.95. The lowest BCUT2D eigenvalue weighted by Crippen LogP contribution is -2.25. The maximum absolute atomic E-state index is 11.9. The highest BCUT2D eigenvalue weighted by Gasteiger charge is 2.03. The number of hydrogen-bond donors (Lipinski definition) is 4. The summed E-state index contributed by atoms with van der Waals surface area (Å²) in [6, 6.07) is 18.0. The van der Waals surface area contributed by atoms with Crippen LogP contribution in [-0.2, 0) is 4.79 Å². The zero-order valence-electron chi connectivity index (χ0n) is 13.3. The summed E-state index contributed by atoms with van der Waals surface area (Å²) in [5, 5.41) is 27.7. The van der Waals surface area contributed by atoms with Crippen LogP contribution in [0.4, 0.5) is 5.69 Å². The van der Waals surface area contributed by atoms with Crippen LogP contribution in [0.15, 0.2) is 65.8 Å². The molecule has 0 aromatic heterocycles. The summed E-state index contributed by atoms with van der Waals surface area (Å²) < 4.78 is 0. The molecule has 3 rings (SSSR count). The molecule has 6 heteroatoms. The Bertz CT molecular complexity index is 933. The molecule has 0 aliphatic carbocycles. The summed E-state index contributed by atoms with van der Waals surface area (Å²) in [5.74, 6) is -0.749. The van der Waals surface area contributed by atoms with Gasteiger partial charge in [-0.2, -0.15) is 5.10 Å². The van der Waals surface area contributed by atoms with Crippen LogP contribution in [0.25, 0.3) is 10.8 Å². The van der Waals surface area contributed by atoms with Gasteiger partial charge in [0, 0.05) is 11.1 Å². The van der Waals surface area contributed by atoms with E-state index in [9.17, 15) is 15.0 Å². The van der Waals surface area contributed by atoms with Gasteiger partial charge in [0.15, 0.2) is 11.5 Å². The van der Waals surface area contributed by atoms with Gasteiger partial charge in [-0.25, -0.2) is 5.43 Å². The zero-order valence-corrected chi connectivity index (χ0v) is 13.3. The van der Waals surface area contributed by atoms with Gasteiger partial charge in [-0.15, -0.1) is 0 Å². The van der Waals surface area contributed by atoms with Gasteiger partial charge in [0.25, 0.3) is 5.91 Å². The minimum Gasteiger partial charge on any atom is -0.504 e. The number of hydrazone groups is 1. The summed E-state index contributed by atoms with van der Waals surface area (Å²) in [6.07, 6.45) is 1.38. The number of anilines is 1. The highest BCUT2D eigenvalue weighted by Crippen LogP contribution is 2.24. The fraction of sp³-hybridized carbons (Fsp3) is 0.0526. The lowest BCUT2D eigenvalue weighted by atomic mass is 10.1. The third-order valence-corrected chi connectivity index (χ3v) is 3.63. The van der Waals surface area contributed by atoms with Crippen molar-refractivity contribution in [3.63, 3.8) is 0 Å². The van der Waals surface area contributed by atoms with Crippen molar-refractivity contribution in [3.05, 3.63) is 66.2 Å². The number of phenols is 2. The Balaban J connectivity index is 1.57. The summed E-state index contributed by atoms with van der Waals surface area (Å²) in [7, 11) is 0. The molecule has 6 nitrogen and oxygen atoms in total. The molecule has 3 aromatic rings. The lowest BCUT2D eigenvalue weighted by Gasteiger charge is -2.08. The number of hydrogen-bond acceptors (Lipinski definition) is 5. The number of benzene rings is 3. The van der Waals surface area contributed by atoms with Gasteiger partial charge < -0.3 is 15.5 Å². The smallest absolute Gasteiger partial charge is 0.259 e. The van der Waals surface area contributed by atoms with Crippen LogP contribution in [0, 0.1) is 0 Å². The number of carbonyl (C=O) groups excluding carboxylic acids is 1. The molecule has 0 aliphatic rings. The Morgan fingerprint density at radius 2 is 1.80 bits per heavy atom. The highest BCUT2D eigenvalue weighted by atomic mass is 16.3. The Hall–Kier alpha value is -3.54. The van der Waals surface area contributed by atoms with E-state index in [0.717, 1.165) is 16.5 Å². The van der Waals surface area contributed by atoms with Crippen LogP contribution in [-0.4, -0.2) is 28.9 Å². The standard InChI is InChI=1S/C19H17N3O3/c23-17-9-8-13(10-18(17)24)11-21-22-19(25)12-20-16-7-3-5-14-4-1-2-6-15(14)16/h1-11,20,23-24H,12H2,(H,22,25)/b21-11+. The van der Waals surface area contributed by atoms with Crippen LogP contribution in [0.1, 0.15) is 5.56 Å². The second kappa shape index (κ2) is 7.35. The average Bonchev–Trinajstić information content (AvgIpc) is 2.63. The number of nitrogens with one attached hydrogen (secondary N) is 2. The van der Waals surface area contributed by atoms with E-state index in [1.54, 1.807) is 6.07 Å². The third kappa shape index (κ3) is 4.06. The summed E-state index contributed by atoms with van der Waals surface area (Å²) in [6.45, 7) is 0.0756. The first-order valence-electron chi connectivity index (χ1n) is 7.69. The van der Waals surface area contributed by atoms with Crippen molar-refractivity contribution in [2.45, 2.75) is 0 Å². The summed E-state index contributed by atoms with van der Waals surface area (Å²) >= 11 is 0. The maximum atomic E-state index is 11.9. The van der Waals surface area contributed by atoms with Crippen molar-refractivity contribution in [2.24, 2.45) is 5.10 Å². The zero-order chi connectivity index (χ0) is 17.6. The molecule has 4 N–H and O–H groups in total. The van der Waals surface area contributed by atoms with Crippen molar-refractivity contribution in [1.29, 1.82) is 0 Å². The maximum Gasteiger partial charge on any atom is 0.259 e. The quantitative estimate of drug-likeness (QED) is 0.328. The summed E-state index contributed by atoms with van der Waals surface area (Å²) in [4.78, 5) is 11.9. The van der Waals surface area contributed by atoms with E-state index in [4.69, 9.17) is 0 Å². The second-order valence-electron chi connectivity index (χ2n) is 5.42. The molecule has 0 unspecified atom stereocenters. The van der Waals surface area contributed by atoms with Crippen molar-refractivity contribution in [3.8, 4) is 11.5 Å². The van der Waals surface area contributed by atoms with E-state index < -0.39 is 0 Å². The van der Waals surface area contributed by atoms with Gasteiger partial charge in [0.05, 0.1) is 12.8 Å². The van der Waals surface area contributed by atoms with Crippen LogP contribution >= 0.6 is 0 Å². The number of amides is 1. The molecule has 0 spiro atoms. The average molecular weight is 335 g/mol.